The van der Waals surface area contributed by atoms with Gasteiger partial charge in [0.15, 0.2) is 0 Å². The Balaban J connectivity index is 2.22. The van der Waals surface area contributed by atoms with E-state index < -0.39 is 0 Å². The Labute approximate surface area is 122 Å². The van der Waals surface area contributed by atoms with Gasteiger partial charge in [-0.15, -0.1) is 0 Å². The molecule has 1 aromatic heterocycles. The minimum atomic E-state index is 0.838. The fraction of sp³-hybridized carbons (Fsp3) is 0.333. The van der Waals surface area contributed by atoms with Crippen LogP contribution in [0.15, 0.2) is 34.9 Å². The topological polar surface area (TPSA) is 29.0 Å². The van der Waals surface area contributed by atoms with Crippen molar-refractivity contribution in [2.45, 2.75) is 26.8 Å². The normalized spacial score (nSPS) is 10.5. The number of benzene rings is 1. The van der Waals surface area contributed by atoms with Crippen molar-refractivity contribution in [3.05, 3.63) is 51.9 Å². The molecule has 1 aromatic carbocycles. The zero-order valence-electron chi connectivity index (χ0n) is 11.5. The Bertz CT molecular complexity index is 569. The van der Waals surface area contributed by atoms with Gasteiger partial charge in [0.1, 0.15) is 16.2 Å². The fourth-order valence-corrected chi connectivity index (χ4v) is 2.34. The van der Waals surface area contributed by atoms with Crippen LogP contribution in [0.4, 0.5) is 5.82 Å². The molecule has 0 atom stereocenters. The van der Waals surface area contributed by atoms with Gasteiger partial charge in [0, 0.05) is 26.1 Å². The van der Waals surface area contributed by atoms with E-state index in [9.17, 15) is 0 Å². The van der Waals surface area contributed by atoms with Crippen LogP contribution in [0.2, 0.25) is 0 Å². The first-order valence-electron chi connectivity index (χ1n) is 6.39. The Morgan fingerprint density at radius 2 is 1.95 bits per heavy atom. The molecule has 0 aliphatic heterocycles. The maximum Gasteiger partial charge on any atom is 0.133 e. The Morgan fingerprint density at radius 3 is 2.63 bits per heavy atom. The van der Waals surface area contributed by atoms with Crippen LogP contribution >= 0.6 is 15.9 Å². The van der Waals surface area contributed by atoms with Crippen molar-refractivity contribution in [3.63, 3.8) is 0 Å². The first-order valence-corrected chi connectivity index (χ1v) is 7.18. The lowest BCUT2D eigenvalue weighted by Gasteiger charge is -2.20. The standard InChI is InChI=1S/C15H18BrN3/c1-4-14-17-13(16)9-15(18-14)19(3)10-12-8-6-5-7-11(12)2/h5-9H,4,10H2,1-3H3. The maximum atomic E-state index is 4.56. The Kier molecular flexibility index (Phi) is 4.53. The number of rotatable bonds is 4. The van der Waals surface area contributed by atoms with Crippen molar-refractivity contribution >= 4 is 21.7 Å². The Morgan fingerprint density at radius 1 is 1.21 bits per heavy atom. The molecule has 0 saturated heterocycles. The number of nitrogens with zero attached hydrogens (tertiary/aromatic N) is 3. The molecular formula is C15H18BrN3. The summed E-state index contributed by atoms with van der Waals surface area (Å²) < 4.78 is 0.839. The van der Waals surface area contributed by atoms with Gasteiger partial charge in [-0.2, -0.15) is 0 Å². The summed E-state index contributed by atoms with van der Waals surface area (Å²) in [5.74, 6) is 1.81. The van der Waals surface area contributed by atoms with E-state index >= 15 is 0 Å². The van der Waals surface area contributed by atoms with Crippen molar-refractivity contribution in [1.82, 2.24) is 9.97 Å². The van der Waals surface area contributed by atoms with E-state index in [4.69, 9.17) is 0 Å². The molecule has 0 radical (unpaired) electrons. The third-order valence-corrected chi connectivity index (χ3v) is 3.51. The van der Waals surface area contributed by atoms with Crippen LogP contribution in [0.1, 0.15) is 23.9 Å². The quantitative estimate of drug-likeness (QED) is 0.804. The van der Waals surface area contributed by atoms with E-state index in [-0.39, 0.29) is 0 Å². The predicted molar refractivity (Wildman–Crippen MR) is 82.4 cm³/mol. The summed E-state index contributed by atoms with van der Waals surface area (Å²) in [6, 6.07) is 10.4. The lowest BCUT2D eigenvalue weighted by molar-refractivity contribution is 0.849. The van der Waals surface area contributed by atoms with Crippen molar-refractivity contribution < 1.29 is 0 Å². The summed E-state index contributed by atoms with van der Waals surface area (Å²) in [4.78, 5) is 11.0. The van der Waals surface area contributed by atoms with Crippen LogP contribution in [0.5, 0.6) is 0 Å². The van der Waals surface area contributed by atoms with Gasteiger partial charge >= 0.3 is 0 Å². The first kappa shape index (κ1) is 14.0. The van der Waals surface area contributed by atoms with Gasteiger partial charge in [0.25, 0.3) is 0 Å². The monoisotopic (exact) mass is 319 g/mol. The van der Waals surface area contributed by atoms with Crippen molar-refractivity contribution in [1.29, 1.82) is 0 Å². The number of aryl methyl sites for hydroxylation is 2. The van der Waals surface area contributed by atoms with Gasteiger partial charge in [-0.1, -0.05) is 31.2 Å². The highest BCUT2D eigenvalue weighted by molar-refractivity contribution is 9.10. The molecule has 100 valence electrons. The van der Waals surface area contributed by atoms with Crippen LogP contribution < -0.4 is 4.90 Å². The summed E-state index contributed by atoms with van der Waals surface area (Å²) in [5.41, 5.74) is 2.62. The van der Waals surface area contributed by atoms with Gasteiger partial charge in [0.2, 0.25) is 0 Å². The third-order valence-electron chi connectivity index (χ3n) is 3.10. The predicted octanol–water partition coefficient (Wildman–Crippen LogP) is 3.75. The summed E-state index contributed by atoms with van der Waals surface area (Å²) in [5, 5.41) is 0. The van der Waals surface area contributed by atoms with Crippen LogP contribution in [-0.4, -0.2) is 17.0 Å². The van der Waals surface area contributed by atoms with Gasteiger partial charge in [-0.25, -0.2) is 9.97 Å². The third kappa shape index (κ3) is 3.53. The number of anilines is 1. The van der Waals surface area contributed by atoms with E-state index in [1.165, 1.54) is 11.1 Å². The molecule has 0 N–H and O–H groups in total. The highest BCUT2D eigenvalue weighted by Gasteiger charge is 2.08. The number of hydrogen-bond donors (Lipinski definition) is 0. The molecule has 0 saturated carbocycles. The number of halogens is 1. The van der Waals surface area contributed by atoms with Crippen LogP contribution in [0, 0.1) is 6.92 Å². The highest BCUT2D eigenvalue weighted by atomic mass is 79.9. The summed E-state index contributed by atoms with van der Waals surface area (Å²) in [6.07, 6.45) is 0.838. The van der Waals surface area contributed by atoms with E-state index in [2.05, 4.69) is 76.0 Å². The average molecular weight is 320 g/mol. The molecule has 0 aliphatic carbocycles. The lowest BCUT2D eigenvalue weighted by atomic mass is 10.1. The molecule has 0 unspecified atom stereocenters. The molecule has 0 aliphatic rings. The molecule has 0 fully saturated rings. The highest BCUT2D eigenvalue weighted by Crippen LogP contribution is 2.19. The van der Waals surface area contributed by atoms with E-state index in [1.807, 2.05) is 6.07 Å². The molecule has 3 nitrogen and oxygen atoms in total. The molecule has 1 heterocycles. The lowest BCUT2D eigenvalue weighted by Crippen LogP contribution is -2.19. The molecule has 2 rings (SSSR count). The second-order valence-corrected chi connectivity index (χ2v) is 5.41. The van der Waals surface area contributed by atoms with Crippen LogP contribution in [0.3, 0.4) is 0 Å². The van der Waals surface area contributed by atoms with Gasteiger partial charge in [-0.3, -0.25) is 0 Å². The maximum absolute atomic E-state index is 4.56. The number of hydrogen-bond acceptors (Lipinski definition) is 3. The zero-order chi connectivity index (χ0) is 13.8. The van der Waals surface area contributed by atoms with Crippen LogP contribution in [0.25, 0.3) is 0 Å². The molecule has 0 amide bonds. The Hall–Kier alpha value is -1.42. The zero-order valence-corrected chi connectivity index (χ0v) is 13.1. The van der Waals surface area contributed by atoms with Gasteiger partial charge in [0.05, 0.1) is 0 Å². The molecular weight excluding hydrogens is 302 g/mol. The van der Waals surface area contributed by atoms with Crippen LogP contribution in [-0.2, 0) is 13.0 Å². The van der Waals surface area contributed by atoms with E-state index in [0.717, 1.165) is 29.2 Å². The molecule has 19 heavy (non-hydrogen) atoms. The number of aromatic nitrogens is 2. The van der Waals surface area contributed by atoms with Gasteiger partial charge in [-0.05, 0) is 34.0 Å². The molecule has 2 aromatic rings. The second-order valence-electron chi connectivity index (χ2n) is 4.60. The minimum absolute atomic E-state index is 0.838. The van der Waals surface area contributed by atoms with Crippen molar-refractivity contribution in [2.24, 2.45) is 0 Å². The fourth-order valence-electron chi connectivity index (χ4n) is 1.93. The SMILES string of the molecule is CCc1nc(Br)cc(N(C)Cc2ccccc2C)n1. The van der Waals surface area contributed by atoms with Gasteiger partial charge < -0.3 is 4.90 Å². The summed E-state index contributed by atoms with van der Waals surface area (Å²) >= 11 is 3.44. The smallest absolute Gasteiger partial charge is 0.133 e. The average Bonchev–Trinajstić information content (AvgIpc) is 2.40. The van der Waals surface area contributed by atoms with Crippen molar-refractivity contribution in [3.8, 4) is 0 Å². The largest absolute Gasteiger partial charge is 0.355 e. The van der Waals surface area contributed by atoms with E-state index in [0.29, 0.717) is 0 Å². The molecule has 0 bridgehead atoms. The summed E-state index contributed by atoms with van der Waals surface area (Å²) in [7, 11) is 2.06. The molecule has 0 spiro atoms. The minimum Gasteiger partial charge on any atom is -0.355 e. The van der Waals surface area contributed by atoms with E-state index in [1.54, 1.807) is 0 Å². The second kappa shape index (κ2) is 6.15. The first-order chi connectivity index (χ1) is 9.10. The van der Waals surface area contributed by atoms with Crippen molar-refractivity contribution in [2.75, 3.05) is 11.9 Å². The molecule has 4 heteroatoms. The summed E-state index contributed by atoms with van der Waals surface area (Å²) in [6.45, 7) is 5.04.